The van der Waals surface area contributed by atoms with Crippen LogP contribution in [-0.2, 0) is 42.2 Å². The molecule has 0 radical (unpaired) electrons. The molecule has 0 rings (SSSR count). The lowest BCUT2D eigenvalue weighted by molar-refractivity contribution is -0.161. The SMILES string of the molecule is CC/C=C\C/C=C\C/C=C\C/C=C\CCCCCCCCC(=O)OCC(COP(=O)(O)OCC(CO)OC(=O)CCCCCCCCCCCCCCCCCCC)OC(=O)CCCCCCCCC/C=C\C/C=C\C/C=C\CC. The molecule has 0 aliphatic carbocycles. The molecule has 0 spiro atoms. The maximum absolute atomic E-state index is 13.0. The minimum Gasteiger partial charge on any atom is -0.462 e. The van der Waals surface area contributed by atoms with Gasteiger partial charge in [0.2, 0.25) is 0 Å². The van der Waals surface area contributed by atoms with Crippen LogP contribution in [0.2, 0.25) is 0 Å². The molecular weight excluding hydrogens is 1020 g/mol. The molecule has 0 aromatic rings. The third-order valence-electron chi connectivity index (χ3n) is 13.8. The van der Waals surface area contributed by atoms with E-state index in [2.05, 4.69) is 106 Å². The molecule has 2 N–H and O–H groups in total. The number of carbonyl (C=O) groups excluding carboxylic acids is 3. The van der Waals surface area contributed by atoms with Gasteiger partial charge >= 0.3 is 25.7 Å². The van der Waals surface area contributed by atoms with Crippen LogP contribution in [0.3, 0.4) is 0 Å². The van der Waals surface area contributed by atoms with E-state index in [0.717, 1.165) is 141 Å². The lowest BCUT2D eigenvalue weighted by atomic mass is 10.0. The van der Waals surface area contributed by atoms with Gasteiger partial charge in [-0.3, -0.25) is 23.4 Å². The van der Waals surface area contributed by atoms with Crippen molar-refractivity contribution in [2.45, 2.75) is 303 Å². The highest BCUT2D eigenvalue weighted by atomic mass is 31.2. The Hall–Kier alpha value is -3.34. The number of aliphatic hydroxyl groups excluding tert-OH is 1. The van der Waals surface area contributed by atoms with E-state index in [1.807, 2.05) is 0 Å². The number of esters is 3. The highest BCUT2D eigenvalue weighted by Gasteiger charge is 2.28. The second-order valence-corrected chi connectivity index (χ2v) is 23.0. The van der Waals surface area contributed by atoms with Crippen LogP contribution in [0.1, 0.15) is 290 Å². The van der Waals surface area contributed by atoms with Crippen molar-refractivity contribution in [3.05, 3.63) is 85.1 Å². The first-order chi connectivity index (χ1) is 39.2. The van der Waals surface area contributed by atoms with Gasteiger partial charge in [-0.05, 0) is 89.9 Å². The molecule has 0 aromatic heterocycles. The van der Waals surface area contributed by atoms with Gasteiger partial charge in [-0.1, -0.05) is 266 Å². The first kappa shape index (κ1) is 76.7. The Morgan fingerprint density at radius 3 is 1.00 bits per heavy atom. The van der Waals surface area contributed by atoms with Crippen molar-refractivity contribution in [3.8, 4) is 0 Å². The largest absolute Gasteiger partial charge is 0.472 e. The fourth-order valence-corrected chi connectivity index (χ4v) is 9.74. The van der Waals surface area contributed by atoms with Crippen LogP contribution in [-0.4, -0.2) is 66.5 Å². The van der Waals surface area contributed by atoms with Gasteiger partial charge in [0, 0.05) is 19.3 Å². The van der Waals surface area contributed by atoms with Crippen molar-refractivity contribution in [1.29, 1.82) is 0 Å². The number of allylic oxidation sites excluding steroid dienone is 14. The lowest BCUT2D eigenvalue weighted by Gasteiger charge is -2.21. The van der Waals surface area contributed by atoms with Gasteiger partial charge < -0.3 is 24.2 Å². The molecule has 0 amide bonds. The van der Waals surface area contributed by atoms with Crippen LogP contribution in [0.5, 0.6) is 0 Å². The zero-order chi connectivity index (χ0) is 58.3. The van der Waals surface area contributed by atoms with Crippen LogP contribution in [0, 0.1) is 0 Å². The summed E-state index contributed by atoms with van der Waals surface area (Å²) in [7, 11) is -4.76. The Kier molecular flexibility index (Phi) is 59.1. The Balaban J connectivity index is 4.71. The molecule has 0 aliphatic heterocycles. The van der Waals surface area contributed by atoms with E-state index in [4.69, 9.17) is 23.3 Å². The first-order valence-electron chi connectivity index (χ1n) is 32.5. The third kappa shape index (κ3) is 59.3. The Labute approximate surface area is 490 Å². The number of unbranched alkanes of at least 4 members (excludes halogenated alkanes) is 29. The average molecular weight is 1140 g/mol. The smallest absolute Gasteiger partial charge is 0.462 e. The normalized spacial score (nSPS) is 13.8. The van der Waals surface area contributed by atoms with Gasteiger partial charge in [-0.2, -0.15) is 0 Å². The average Bonchev–Trinajstić information content (AvgIpc) is 3.45. The van der Waals surface area contributed by atoms with E-state index < -0.39 is 57.8 Å². The molecule has 462 valence electrons. The molecule has 0 saturated heterocycles. The number of rotatable bonds is 60. The highest BCUT2D eigenvalue weighted by Crippen LogP contribution is 2.43. The maximum atomic E-state index is 13.0. The molecule has 12 heteroatoms. The summed E-state index contributed by atoms with van der Waals surface area (Å²) < 4.78 is 39.7. The standard InChI is InChI=1S/C68H119O11P/c1-4-7-10-13-16-19-22-25-28-31-32-35-36-39-42-45-48-51-54-57-66(70)75-61-65(79-68(72)59-56-53-50-47-44-41-38-34-30-27-24-21-18-15-12-9-6-3)63-77-80(73,74)76-62-64(60-69)78-67(71)58-55-52-49-46-43-40-37-33-29-26-23-20-17-14-11-8-5-2/h7,9-10,12,16,18-19,21,25,27-28,30,32,35,64-65,69H,4-6,8,11,13-15,17,20,22-24,26,29,31,33-34,36-63H2,1-3H3,(H,73,74)/b10-7-,12-9-,19-16-,21-18-,28-25-,30-27-,35-32-. The second kappa shape index (κ2) is 61.7. The Morgan fingerprint density at radius 2 is 0.650 bits per heavy atom. The molecule has 3 unspecified atom stereocenters. The summed E-state index contributed by atoms with van der Waals surface area (Å²) in [6, 6.07) is 0. The number of ether oxygens (including phenoxy) is 3. The van der Waals surface area contributed by atoms with Crippen LogP contribution in [0.25, 0.3) is 0 Å². The molecule has 3 atom stereocenters. The fourth-order valence-electron chi connectivity index (χ4n) is 8.95. The van der Waals surface area contributed by atoms with Crippen molar-refractivity contribution in [3.63, 3.8) is 0 Å². The molecule has 11 nitrogen and oxygen atoms in total. The minimum atomic E-state index is -4.76. The lowest BCUT2D eigenvalue weighted by Crippen LogP contribution is -2.30. The molecule has 0 aliphatic rings. The zero-order valence-corrected chi connectivity index (χ0v) is 52.2. The first-order valence-corrected chi connectivity index (χ1v) is 34.0. The van der Waals surface area contributed by atoms with Crippen molar-refractivity contribution >= 4 is 25.7 Å². The van der Waals surface area contributed by atoms with Gasteiger partial charge in [0.15, 0.2) is 6.10 Å². The Bertz CT molecular complexity index is 1670. The van der Waals surface area contributed by atoms with Crippen molar-refractivity contribution in [1.82, 2.24) is 0 Å². The van der Waals surface area contributed by atoms with Gasteiger partial charge in [0.05, 0.1) is 19.8 Å². The highest BCUT2D eigenvalue weighted by molar-refractivity contribution is 7.47. The van der Waals surface area contributed by atoms with Gasteiger partial charge in [-0.15, -0.1) is 0 Å². The quantitative estimate of drug-likeness (QED) is 0.0197. The maximum Gasteiger partial charge on any atom is 0.472 e. The summed E-state index contributed by atoms with van der Waals surface area (Å²) in [6.07, 6.45) is 72.4. The van der Waals surface area contributed by atoms with E-state index in [-0.39, 0.29) is 25.9 Å². The van der Waals surface area contributed by atoms with E-state index in [9.17, 15) is 28.9 Å². The van der Waals surface area contributed by atoms with Crippen molar-refractivity contribution in [2.24, 2.45) is 0 Å². The number of carbonyl (C=O) groups is 3. The summed E-state index contributed by atoms with van der Waals surface area (Å²) in [4.78, 5) is 48.8. The predicted octanol–water partition coefficient (Wildman–Crippen LogP) is 19.8. The number of hydrogen-bond acceptors (Lipinski definition) is 10. The zero-order valence-electron chi connectivity index (χ0n) is 51.3. The van der Waals surface area contributed by atoms with Crippen LogP contribution >= 0.6 is 7.82 Å². The third-order valence-corrected chi connectivity index (χ3v) is 14.8. The summed E-state index contributed by atoms with van der Waals surface area (Å²) >= 11 is 0. The molecule has 0 saturated carbocycles. The van der Waals surface area contributed by atoms with E-state index in [0.29, 0.717) is 19.3 Å². The predicted molar refractivity (Wildman–Crippen MR) is 334 cm³/mol. The molecule has 0 heterocycles. The number of hydrogen-bond donors (Lipinski definition) is 2. The summed E-state index contributed by atoms with van der Waals surface area (Å²) in [5.41, 5.74) is 0. The summed E-state index contributed by atoms with van der Waals surface area (Å²) in [6.45, 7) is 4.44. The van der Waals surface area contributed by atoms with E-state index in [1.165, 1.54) is 89.9 Å². The topological polar surface area (TPSA) is 155 Å². The van der Waals surface area contributed by atoms with Crippen LogP contribution in [0.4, 0.5) is 0 Å². The number of aliphatic hydroxyl groups is 1. The van der Waals surface area contributed by atoms with E-state index in [1.54, 1.807) is 0 Å². The fraction of sp³-hybridized carbons (Fsp3) is 0.750. The van der Waals surface area contributed by atoms with E-state index >= 15 is 0 Å². The molecule has 80 heavy (non-hydrogen) atoms. The van der Waals surface area contributed by atoms with Crippen molar-refractivity contribution in [2.75, 3.05) is 26.4 Å². The monoisotopic (exact) mass is 1140 g/mol. The number of phosphoric ester groups is 1. The summed E-state index contributed by atoms with van der Waals surface area (Å²) in [5.74, 6) is -1.48. The molecular formula is C68H119O11P. The molecule has 0 aromatic carbocycles. The Morgan fingerprint density at radius 1 is 0.362 bits per heavy atom. The number of phosphoric acid groups is 1. The van der Waals surface area contributed by atoms with Gasteiger partial charge in [-0.25, -0.2) is 4.57 Å². The second-order valence-electron chi connectivity index (χ2n) is 21.5. The minimum absolute atomic E-state index is 0.151. The summed E-state index contributed by atoms with van der Waals surface area (Å²) in [5, 5.41) is 9.86. The van der Waals surface area contributed by atoms with Gasteiger partial charge in [0.25, 0.3) is 0 Å². The van der Waals surface area contributed by atoms with Gasteiger partial charge in [0.1, 0.15) is 12.7 Å². The molecule has 0 fully saturated rings. The van der Waals surface area contributed by atoms with Crippen LogP contribution in [0.15, 0.2) is 85.1 Å². The van der Waals surface area contributed by atoms with Crippen molar-refractivity contribution < 1.29 is 52.2 Å². The van der Waals surface area contributed by atoms with Crippen LogP contribution < -0.4 is 0 Å². The molecule has 0 bridgehead atoms.